The molecule has 2 N–H and O–H groups in total. The topological polar surface area (TPSA) is 75.6 Å². The lowest BCUT2D eigenvalue weighted by molar-refractivity contribution is -0.142. The van der Waals surface area contributed by atoms with Crippen LogP contribution in [0.15, 0.2) is 60.7 Å². The number of ether oxygens (including phenoxy) is 1. The monoisotopic (exact) mass is 349 g/mol. The molecule has 0 spiro atoms. The van der Waals surface area contributed by atoms with E-state index in [-0.39, 0.29) is 12.2 Å². The molecule has 0 aliphatic carbocycles. The quantitative estimate of drug-likeness (QED) is 0.802. The van der Waals surface area contributed by atoms with Crippen molar-refractivity contribution in [3.05, 3.63) is 71.8 Å². The number of hydrogen-bond acceptors (Lipinski definition) is 3. The van der Waals surface area contributed by atoms with Gasteiger partial charge in [0.2, 0.25) is 0 Å². The number of halogens is 2. The highest BCUT2D eigenvalue weighted by Gasteiger charge is 2.38. The van der Waals surface area contributed by atoms with E-state index in [2.05, 4.69) is 0 Å². The summed E-state index contributed by atoms with van der Waals surface area (Å²) in [6.07, 6.45) is -2.15. The molecule has 1 unspecified atom stereocenters. The second kappa shape index (κ2) is 8.23. The number of carbonyl (C=O) groups is 2. The lowest BCUT2D eigenvalue weighted by atomic mass is 10.0. The first-order valence-electron chi connectivity index (χ1n) is 7.52. The maximum absolute atomic E-state index is 14.2. The zero-order chi connectivity index (χ0) is 18.3. The molecule has 2 rings (SSSR count). The fourth-order valence-corrected chi connectivity index (χ4v) is 2.16. The largest absolute Gasteiger partial charge is 0.480 e. The van der Waals surface area contributed by atoms with Crippen LogP contribution in [0.4, 0.5) is 13.6 Å². The maximum atomic E-state index is 14.2. The van der Waals surface area contributed by atoms with Crippen LogP contribution >= 0.6 is 0 Å². The van der Waals surface area contributed by atoms with Gasteiger partial charge >= 0.3 is 12.1 Å². The van der Waals surface area contributed by atoms with Gasteiger partial charge in [0.05, 0.1) is 0 Å². The summed E-state index contributed by atoms with van der Waals surface area (Å²) in [7, 11) is 0. The first-order chi connectivity index (χ1) is 11.9. The molecular weight excluding hydrogens is 332 g/mol. The number of carboxylic acid groups (broad SMARTS) is 1. The molecule has 132 valence electrons. The van der Waals surface area contributed by atoms with Gasteiger partial charge in [0, 0.05) is 12.0 Å². The van der Waals surface area contributed by atoms with E-state index in [9.17, 15) is 18.4 Å². The van der Waals surface area contributed by atoms with E-state index in [0.717, 1.165) is 0 Å². The van der Waals surface area contributed by atoms with Crippen molar-refractivity contribution in [3.63, 3.8) is 0 Å². The van der Waals surface area contributed by atoms with Crippen LogP contribution in [0, 0.1) is 0 Å². The van der Waals surface area contributed by atoms with Gasteiger partial charge in [-0.2, -0.15) is 0 Å². The normalized spacial score (nSPS) is 12.2. The van der Waals surface area contributed by atoms with E-state index < -0.39 is 30.4 Å². The molecule has 0 heterocycles. The van der Waals surface area contributed by atoms with Crippen LogP contribution in [0.1, 0.15) is 17.5 Å². The van der Waals surface area contributed by atoms with Crippen molar-refractivity contribution in [1.29, 1.82) is 0 Å². The second-order valence-corrected chi connectivity index (χ2v) is 5.37. The minimum absolute atomic E-state index is 0.0892. The summed E-state index contributed by atoms with van der Waals surface area (Å²) < 4.78 is 33.3. The van der Waals surface area contributed by atoms with Crippen molar-refractivity contribution in [2.45, 2.75) is 25.0 Å². The molecule has 25 heavy (non-hydrogen) atoms. The summed E-state index contributed by atoms with van der Waals surface area (Å²) in [5.41, 5.74) is 0.375. The van der Waals surface area contributed by atoms with Crippen molar-refractivity contribution in [1.82, 2.24) is 5.32 Å². The zero-order valence-corrected chi connectivity index (χ0v) is 13.2. The van der Waals surface area contributed by atoms with Crippen LogP contribution in [0.2, 0.25) is 0 Å². The van der Waals surface area contributed by atoms with E-state index in [1.54, 1.807) is 36.4 Å². The standard InChI is InChI=1S/C18H17F2NO4/c19-18(20,14-9-5-2-6-10-14)11-15(16(22)23)21-17(24)25-12-13-7-3-1-4-8-13/h1-10,15H,11-12H2,(H,21,24)(H,22,23). The number of rotatable bonds is 7. The number of hydrogen-bond donors (Lipinski definition) is 2. The summed E-state index contributed by atoms with van der Waals surface area (Å²) in [5.74, 6) is -4.97. The minimum atomic E-state index is -3.41. The lowest BCUT2D eigenvalue weighted by Crippen LogP contribution is -2.44. The van der Waals surface area contributed by atoms with Crippen molar-refractivity contribution in [2.75, 3.05) is 0 Å². The van der Waals surface area contributed by atoms with E-state index in [0.29, 0.717) is 5.56 Å². The van der Waals surface area contributed by atoms with Gasteiger partial charge in [-0.05, 0) is 5.56 Å². The molecule has 0 aromatic heterocycles. The van der Waals surface area contributed by atoms with Crippen molar-refractivity contribution < 1.29 is 28.2 Å². The Labute approximate surface area is 143 Å². The molecule has 0 saturated heterocycles. The predicted octanol–water partition coefficient (Wildman–Crippen LogP) is 3.55. The number of amides is 1. The Kier molecular flexibility index (Phi) is 6.05. The Morgan fingerprint density at radius 2 is 1.60 bits per heavy atom. The Morgan fingerprint density at radius 1 is 1.04 bits per heavy atom. The number of nitrogens with one attached hydrogen (secondary N) is 1. The molecule has 0 saturated carbocycles. The van der Waals surface area contributed by atoms with E-state index in [4.69, 9.17) is 9.84 Å². The number of alkyl halides is 2. The van der Waals surface area contributed by atoms with Gasteiger partial charge < -0.3 is 15.2 Å². The maximum Gasteiger partial charge on any atom is 0.408 e. The van der Waals surface area contributed by atoms with Crippen LogP contribution in [0.5, 0.6) is 0 Å². The summed E-state index contributed by atoms with van der Waals surface area (Å²) in [5, 5.41) is 11.1. The Morgan fingerprint density at radius 3 is 2.16 bits per heavy atom. The molecule has 2 aromatic rings. The number of carbonyl (C=O) groups excluding carboxylic acids is 1. The van der Waals surface area contributed by atoms with Crippen LogP contribution in [-0.2, 0) is 22.1 Å². The van der Waals surface area contributed by atoms with Crippen molar-refractivity contribution >= 4 is 12.1 Å². The fourth-order valence-electron chi connectivity index (χ4n) is 2.16. The van der Waals surface area contributed by atoms with Gasteiger partial charge in [0.25, 0.3) is 5.92 Å². The predicted molar refractivity (Wildman–Crippen MR) is 86.1 cm³/mol. The molecule has 0 radical (unpaired) electrons. The highest BCUT2D eigenvalue weighted by atomic mass is 19.3. The molecule has 1 amide bonds. The zero-order valence-electron chi connectivity index (χ0n) is 13.2. The average Bonchev–Trinajstić information content (AvgIpc) is 2.61. The summed E-state index contributed by atoms with van der Waals surface area (Å²) in [6.45, 7) is -0.0892. The molecular formula is C18H17F2NO4. The molecule has 2 aromatic carbocycles. The van der Waals surface area contributed by atoms with Crippen LogP contribution in [-0.4, -0.2) is 23.2 Å². The van der Waals surface area contributed by atoms with Crippen LogP contribution in [0.25, 0.3) is 0 Å². The number of carboxylic acids is 1. The Hall–Kier alpha value is -2.96. The summed E-state index contributed by atoms with van der Waals surface area (Å²) in [4.78, 5) is 22.9. The SMILES string of the molecule is O=C(NC(CC(F)(F)c1ccccc1)C(=O)O)OCc1ccccc1. The van der Waals surface area contributed by atoms with E-state index in [1.165, 1.54) is 24.3 Å². The molecule has 0 aliphatic heterocycles. The highest BCUT2D eigenvalue weighted by molar-refractivity contribution is 5.80. The molecule has 0 aliphatic rings. The van der Waals surface area contributed by atoms with Gasteiger partial charge in [-0.15, -0.1) is 0 Å². The third kappa shape index (κ3) is 5.56. The Bertz CT molecular complexity index is 708. The van der Waals surface area contributed by atoms with Crippen molar-refractivity contribution in [2.24, 2.45) is 0 Å². The number of alkyl carbamates (subject to hydrolysis) is 1. The third-order valence-corrected chi connectivity index (χ3v) is 3.46. The third-order valence-electron chi connectivity index (χ3n) is 3.46. The van der Waals surface area contributed by atoms with E-state index in [1.807, 2.05) is 5.32 Å². The first kappa shape index (κ1) is 18.4. The van der Waals surface area contributed by atoms with Gasteiger partial charge in [0.1, 0.15) is 12.6 Å². The Balaban J connectivity index is 1.96. The number of aliphatic carboxylic acids is 1. The van der Waals surface area contributed by atoms with Crippen molar-refractivity contribution in [3.8, 4) is 0 Å². The summed E-state index contributed by atoms with van der Waals surface area (Å²) in [6, 6.07) is 13.8. The smallest absolute Gasteiger partial charge is 0.408 e. The second-order valence-electron chi connectivity index (χ2n) is 5.37. The van der Waals surface area contributed by atoms with Gasteiger partial charge in [-0.25, -0.2) is 18.4 Å². The average molecular weight is 349 g/mol. The van der Waals surface area contributed by atoms with Crippen LogP contribution in [0.3, 0.4) is 0 Å². The fraction of sp³-hybridized carbons (Fsp3) is 0.222. The van der Waals surface area contributed by atoms with Gasteiger partial charge in [-0.1, -0.05) is 60.7 Å². The van der Waals surface area contributed by atoms with Gasteiger partial charge in [0.15, 0.2) is 0 Å². The van der Waals surface area contributed by atoms with Crippen LogP contribution < -0.4 is 5.32 Å². The van der Waals surface area contributed by atoms with E-state index >= 15 is 0 Å². The highest BCUT2D eigenvalue weighted by Crippen LogP contribution is 2.32. The first-order valence-corrected chi connectivity index (χ1v) is 7.52. The van der Waals surface area contributed by atoms with Gasteiger partial charge in [-0.3, -0.25) is 0 Å². The molecule has 0 bridgehead atoms. The summed E-state index contributed by atoms with van der Waals surface area (Å²) >= 11 is 0. The molecule has 1 atom stereocenters. The molecule has 5 nitrogen and oxygen atoms in total. The molecule has 7 heteroatoms. The minimum Gasteiger partial charge on any atom is -0.480 e. The lowest BCUT2D eigenvalue weighted by Gasteiger charge is -2.21. The number of benzene rings is 2. The molecule has 0 fully saturated rings.